The van der Waals surface area contributed by atoms with E-state index in [2.05, 4.69) is 26.6 Å². The van der Waals surface area contributed by atoms with Crippen molar-refractivity contribution in [1.82, 2.24) is 5.32 Å². The molecule has 0 spiro atoms. The first kappa shape index (κ1) is 16.4. The summed E-state index contributed by atoms with van der Waals surface area (Å²) >= 11 is 3.17. The van der Waals surface area contributed by atoms with Crippen molar-refractivity contribution in [3.8, 4) is 0 Å². The van der Waals surface area contributed by atoms with Crippen LogP contribution in [0.25, 0.3) is 0 Å². The Kier molecular flexibility index (Phi) is 6.44. The number of unbranched alkanes of at least 4 members (excludes halogenated alkanes) is 1. The molecular weight excluding hydrogens is 331 g/mol. The molecule has 0 heterocycles. The van der Waals surface area contributed by atoms with Crippen molar-refractivity contribution in [3.05, 3.63) is 28.5 Å². The lowest BCUT2D eigenvalue weighted by Gasteiger charge is -2.15. The van der Waals surface area contributed by atoms with Crippen LogP contribution in [0, 0.1) is 5.82 Å². The highest BCUT2D eigenvalue weighted by Gasteiger charge is 2.19. The minimum Gasteiger partial charge on any atom is -0.480 e. The number of anilines is 1. The van der Waals surface area contributed by atoms with Crippen molar-refractivity contribution in [2.75, 3.05) is 5.32 Å². The molecule has 0 saturated heterocycles. The lowest BCUT2D eigenvalue weighted by Crippen LogP contribution is -2.43. The molecule has 0 aromatic heterocycles. The number of rotatable bonds is 6. The van der Waals surface area contributed by atoms with Gasteiger partial charge in [0.15, 0.2) is 0 Å². The molecule has 0 aliphatic heterocycles. The second-order valence-electron chi connectivity index (χ2n) is 4.26. The topological polar surface area (TPSA) is 78.4 Å². The van der Waals surface area contributed by atoms with E-state index >= 15 is 0 Å². The first-order chi connectivity index (χ1) is 9.43. The van der Waals surface area contributed by atoms with E-state index in [-0.39, 0.29) is 5.69 Å². The van der Waals surface area contributed by atoms with E-state index in [4.69, 9.17) is 5.11 Å². The molecule has 1 rings (SSSR count). The third kappa shape index (κ3) is 5.16. The number of carboxylic acids is 1. The summed E-state index contributed by atoms with van der Waals surface area (Å²) in [5, 5.41) is 13.8. The molecule has 1 aromatic carbocycles. The fraction of sp³-hybridized carbons (Fsp3) is 0.385. The molecule has 0 aliphatic rings. The normalized spacial score (nSPS) is 11.8. The highest BCUT2D eigenvalue weighted by atomic mass is 79.9. The number of carbonyl (C=O) groups is 2. The molecule has 7 heteroatoms. The zero-order valence-corrected chi connectivity index (χ0v) is 12.5. The summed E-state index contributed by atoms with van der Waals surface area (Å²) in [6.07, 6.45) is 1.88. The van der Waals surface area contributed by atoms with Gasteiger partial charge in [0.05, 0.1) is 5.69 Å². The largest absolute Gasteiger partial charge is 0.480 e. The lowest BCUT2D eigenvalue weighted by atomic mass is 10.1. The van der Waals surface area contributed by atoms with Gasteiger partial charge in [-0.1, -0.05) is 19.8 Å². The quantitative estimate of drug-likeness (QED) is 0.738. The molecule has 1 aromatic rings. The summed E-state index contributed by atoms with van der Waals surface area (Å²) in [5.74, 6) is -1.59. The molecule has 0 aliphatic carbocycles. The van der Waals surface area contributed by atoms with Crippen LogP contribution in [-0.2, 0) is 4.79 Å². The van der Waals surface area contributed by atoms with E-state index in [1.807, 2.05) is 6.92 Å². The lowest BCUT2D eigenvalue weighted by molar-refractivity contribution is -0.139. The third-order valence-electron chi connectivity index (χ3n) is 2.63. The SMILES string of the molecule is CCCCC(NC(=O)Nc1cc(F)ccc1Br)C(=O)O. The molecule has 1 unspecified atom stereocenters. The van der Waals surface area contributed by atoms with Gasteiger partial charge in [0.2, 0.25) is 0 Å². The van der Waals surface area contributed by atoms with Crippen LogP contribution in [0.4, 0.5) is 14.9 Å². The van der Waals surface area contributed by atoms with Gasteiger partial charge >= 0.3 is 12.0 Å². The molecule has 5 nitrogen and oxygen atoms in total. The van der Waals surface area contributed by atoms with Crippen LogP contribution in [0.3, 0.4) is 0 Å². The standard InChI is InChI=1S/C13H16BrFN2O3/c1-2-3-4-10(12(18)19)16-13(20)17-11-7-8(15)5-6-9(11)14/h5-7,10H,2-4H2,1H3,(H,18,19)(H2,16,17,20). The van der Waals surface area contributed by atoms with Crippen LogP contribution in [0.15, 0.2) is 22.7 Å². The minimum absolute atomic E-state index is 0.238. The second-order valence-corrected chi connectivity index (χ2v) is 5.11. The average molecular weight is 347 g/mol. The Morgan fingerprint density at radius 1 is 1.45 bits per heavy atom. The van der Waals surface area contributed by atoms with E-state index in [0.717, 1.165) is 12.5 Å². The first-order valence-corrected chi connectivity index (χ1v) is 6.98. The summed E-state index contributed by atoms with van der Waals surface area (Å²) in [7, 11) is 0. The minimum atomic E-state index is -1.09. The van der Waals surface area contributed by atoms with Crippen LogP contribution in [0.5, 0.6) is 0 Å². The molecule has 3 N–H and O–H groups in total. The van der Waals surface area contributed by atoms with Gasteiger partial charge in [-0.3, -0.25) is 0 Å². The number of benzene rings is 1. The Morgan fingerprint density at radius 2 is 2.15 bits per heavy atom. The maximum Gasteiger partial charge on any atom is 0.326 e. The van der Waals surface area contributed by atoms with Gasteiger partial charge in [-0.25, -0.2) is 14.0 Å². The van der Waals surface area contributed by atoms with Gasteiger partial charge in [0, 0.05) is 4.47 Å². The van der Waals surface area contributed by atoms with E-state index in [1.54, 1.807) is 0 Å². The molecule has 2 amide bonds. The summed E-state index contributed by atoms with van der Waals surface area (Å²) in [4.78, 5) is 22.7. The zero-order valence-electron chi connectivity index (χ0n) is 11.0. The summed E-state index contributed by atoms with van der Waals surface area (Å²) in [6.45, 7) is 1.93. The highest BCUT2D eigenvalue weighted by molar-refractivity contribution is 9.10. The number of hydrogen-bond donors (Lipinski definition) is 3. The zero-order chi connectivity index (χ0) is 15.1. The number of carbonyl (C=O) groups excluding carboxylic acids is 1. The third-order valence-corrected chi connectivity index (χ3v) is 3.32. The second kappa shape index (κ2) is 7.84. The number of hydrogen-bond acceptors (Lipinski definition) is 2. The van der Waals surface area contributed by atoms with Gasteiger partial charge in [-0.15, -0.1) is 0 Å². The van der Waals surface area contributed by atoms with Gasteiger partial charge in [0.1, 0.15) is 11.9 Å². The number of carboxylic acid groups (broad SMARTS) is 1. The Morgan fingerprint density at radius 3 is 2.75 bits per heavy atom. The molecule has 1 atom stereocenters. The van der Waals surface area contributed by atoms with Gasteiger partial charge in [0.25, 0.3) is 0 Å². The first-order valence-electron chi connectivity index (χ1n) is 6.19. The number of urea groups is 1. The average Bonchev–Trinajstić information content (AvgIpc) is 2.38. The number of halogens is 2. The van der Waals surface area contributed by atoms with Crippen LogP contribution >= 0.6 is 15.9 Å². The molecule has 0 saturated carbocycles. The van der Waals surface area contributed by atoms with E-state index < -0.39 is 23.9 Å². The van der Waals surface area contributed by atoms with Crippen LogP contribution in [0.2, 0.25) is 0 Å². The van der Waals surface area contributed by atoms with Crippen LogP contribution in [0.1, 0.15) is 26.2 Å². The Hall–Kier alpha value is -1.63. The van der Waals surface area contributed by atoms with Crippen molar-refractivity contribution < 1.29 is 19.1 Å². The van der Waals surface area contributed by atoms with Crippen molar-refractivity contribution in [2.24, 2.45) is 0 Å². The predicted molar refractivity (Wildman–Crippen MR) is 77.2 cm³/mol. The van der Waals surface area contributed by atoms with Gasteiger partial charge < -0.3 is 15.7 Å². The van der Waals surface area contributed by atoms with Crippen molar-refractivity contribution >= 4 is 33.6 Å². The fourth-order valence-electron chi connectivity index (χ4n) is 1.58. The molecule has 0 fully saturated rings. The molecular formula is C13H16BrFN2O3. The Labute approximate surface area is 124 Å². The Balaban J connectivity index is 2.65. The number of nitrogens with one attached hydrogen (secondary N) is 2. The maximum absolute atomic E-state index is 13.1. The van der Waals surface area contributed by atoms with Crippen molar-refractivity contribution in [1.29, 1.82) is 0 Å². The smallest absolute Gasteiger partial charge is 0.326 e. The summed E-state index contributed by atoms with van der Waals surface area (Å²) < 4.78 is 13.6. The molecule has 20 heavy (non-hydrogen) atoms. The van der Waals surface area contributed by atoms with Crippen LogP contribution in [-0.4, -0.2) is 23.1 Å². The number of amides is 2. The fourth-order valence-corrected chi connectivity index (χ4v) is 1.92. The van der Waals surface area contributed by atoms with E-state index in [0.29, 0.717) is 17.3 Å². The summed E-state index contributed by atoms with van der Waals surface area (Å²) in [5.41, 5.74) is 0.238. The predicted octanol–water partition coefficient (Wildman–Crippen LogP) is 3.35. The monoisotopic (exact) mass is 346 g/mol. The van der Waals surface area contributed by atoms with Crippen LogP contribution < -0.4 is 10.6 Å². The highest BCUT2D eigenvalue weighted by Crippen LogP contribution is 2.22. The molecule has 0 radical (unpaired) electrons. The Bertz CT molecular complexity index is 497. The maximum atomic E-state index is 13.1. The van der Waals surface area contributed by atoms with E-state index in [9.17, 15) is 14.0 Å². The van der Waals surface area contributed by atoms with Crippen molar-refractivity contribution in [2.45, 2.75) is 32.2 Å². The molecule has 0 bridgehead atoms. The van der Waals surface area contributed by atoms with Gasteiger partial charge in [-0.05, 0) is 40.5 Å². The van der Waals surface area contributed by atoms with E-state index in [1.165, 1.54) is 12.1 Å². The molecule has 110 valence electrons. The summed E-state index contributed by atoms with van der Waals surface area (Å²) in [6, 6.07) is 2.21. The van der Waals surface area contributed by atoms with Gasteiger partial charge in [-0.2, -0.15) is 0 Å². The number of aliphatic carboxylic acids is 1. The van der Waals surface area contributed by atoms with Crippen molar-refractivity contribution in [3.63, 3.8) is 0 Å².